The number of hydrogen-bond acceptors (Lipinski definition) is 4. The highest BCUT2D eigenvalue weighted by Crippen LogP contribution is 2.02. The van der Waals surface area contributed by atoms with Gasteiger partial charge in [0.1, 0.15) is 0 Å². The van der Waals surface area contributed by atoms with E-state index in [1.165, 1.54) is 0 Å². The minimum absolute atomic E-state index is 0.677. The summed E-state index contributed by atoms with van der Waals surface area (Å²) in [5.74, 6) is 0.690. The van der Waals surface area contributed by atoms with Gasteiger partial charge >= 0.3 is 0 Å². The smallest absolute Gasteiger partial charge is 0.179 e. The fourth-order valence-corrected chi connectivity index (χ4v) is 1.11. The normalized spacial score (nSPS) is 10.5. The topological polar surface area (TPSA) is 72.3 Å². The molecule has 0 bridgehead atoms. The molecule has 0 atom stereocenters. The maximum atomic E-state index is 4.15. The van der Waals surface area contributed by atoms with Gasteiger partial charge < -0.3 is 0 Å². The number of hydrogen-bond donors (Lipinski definition) is 1. The van der Waals surface area contributed by atoms with Crippen molar-refractivity contribution in [2.75, 3.05) is 0 Å². The first kappa shape index (κ1) is 7.90. The van der Waals surface area contributed by atoms with Gasteiger partial charge in [-0.3, -0.25) is 4.68 Å². The molecule has 0 saturated heterocycles. The fraction of sp³-hybridized carbons (Fsp3) is 0.429. The lowest BCUT2D eigenvalue weighted by molar-refractivity contribution is 0.659. The third-order valence-corrected chi connectivity index (χ3v) is 1.76. The van der Waals surface area contributed by atoms with E-state index in [1.807, 2.05) is 24.0 Å². The molecule has 2 aromatic heterocycles. The van der Waals surface area contributed by atoms with E-state index in [0.717, 1.165) is 12.1 Å². The Balaban J connectivity index is 2.10. The molecule has 2 aromatic rings. The van der Waals surface area contributed by atoms with Crippen LogP contribution in [0.3, 0.4) is 0 Å². The molecule has 2 rings (SSSR count). The average Bonchev–Trinajstić information content (AvgIpc) is 2.76. The van der Waals surface area contributed by atoms with Gasteiger partial charge in [0.2, 0.25) is 0 Å². The summed E-state index contributed by atoms with van der Waals surface area (Å²) in [7, 11) is 0. The molecule has 68 valence electrons. The summed E-state index contributed by atoms with van der Waals surface area (Å²) in [6.45, 7) is 2.93. The highest BCUT2D eigenvalue weighted by molar-refractivity contribution is 5.09. The molecule has 0 aliphatic carbocycles. The summed E-state index contributed by atoms with van der Waals surface area (Å²) in [6.07, 6.45) is 4.48. The van der Waals surface area contributed by atoms with Crippen LogP contribution in [0.5, 0.6) is 0 Å². The van der Waals surface area contributed by atoms with Gasteiger partial charge in [-0.15, -0.1) is 10.2 Å². The van der Waals surface area contributed by atoms with Crippen LogP contribution >= 0.6 is 0 Å². The lowest BCUT2D eigenvalue weighted by Gasteiger charge is -1.90. The van der Waals surface area contributed by atoms with E-state index in [-0.39, 0.29) is 0 Å². The lowest BCUT2D eigenvalue weighted by Crippen LogP contribution is -1.93. The van der Waals surface area contributed by atoms with E-state index in [9.17, 15) is 0 Å². The molecule has 0 aromatic carbocycles. The van der Waals surface area contributed by atoms with Gasteiger partial charge in [0.05, 0.1) is 6.20 Å². The molecule has 0 saturated carbocycles. The van der Waals surface area contributed by atoms with Crippen LogP contribution in [0.25, 0.3) is 0 Å². The van der Waals surface area contributed by atoms with Crippen molar-refractivity contribution in [2.24, 2.45) is 0 Å². The summed E-state index contributed by atoms with van der Waals surface area (Å²) in [4.78, 5) is 0. The lowest BCUT2D eigenvalue weighted by atomic mass is 10.2. The molecule has 0 fully saturated rings. The van der Waals surface area contributed by atoms with Crippen molar-refractivity contribution in [2.45, 2.75) is 19.9 Å². The molecular formula is C7H10N6. The summed E-state index contributed by atoms with van der Waals surface area (Å²) < 4.78 is 1.87. The highest BCUT2D eigenvalue weighted by Gasteiger charge is 2.02. The van der Waals surface area contributed by atoms with Crippen molar-refractivity contribution in [3.63, 3.8) is 0 Å². The molecule has 2 heterocycles. The van der Waals surface area contributed by atoms with Gasteiger partial charge in [0.15, 0.2) is 5.82 Å². The quantitative estimate of drug-likeness (QED) is 0.718. The van der Waals surface area contributed by atoms with E-state index < -0.39 is 0 Å². The van der Waals surface area contributed by atoms with E-state index in [0.29, 0.717) is 12.2 Å². The van der Waals surface area contributed by atoms with E-state index in [1.54, 1.807) is 0 Å². The van der Waals surface area contributed by atoms with Crippen LogP contribution in [0.1, 0.15) is 18.3 Å². The van der Waals surface area contributed by atoms with Crippen LogP contribution in [0, 0.1) is 0 Å². The first-order valence-electron chi connectivity index (χ1n) is 4.12. The number of aromatic nitrogens is 6. The molecule has 0 radical (unpaired) electrons. The Kier molecular flexibility index (Phi) is 2.03. The van der Waals surface area contributed by atoms with Crippen molar-refractivity contribution < 1.29 is 0 Å². The first-order valence-corrected chi connectivity index (χ1v) is 4.12. The number of H-pyrrole nitrogens is 1. The second-order valence-electron chi connectivity index (χ2n) is 2.71. The van der Waals surface area contributed by atoms with Crippen LogP contribution in [-0.2, 0) is 13.0 Å². The molecule has 13 heavy (non-hydrogen) atoms. The van der Waals surface area contributed by atoms with Crippen molar-refractivity contribution in [3.8, 4) is 0 Å². The molecule has 0 aliphatic heterocycles. The predicted octanol–water partition coefficient (Wildman–Crippen LogP) is 0.00690. The zero-order valence-corrected chi connectivity index (χ0v) is 7.30. The molecule has 6 nitrogen and oxygen atoms in total. The Hall–Kier alpha value is -1.72. The highest BCUT2D eigenvalue weighted by atomic mass is 15.5. The van der Waals surface area contributed by atoms with Crippen molar-refractivity contribution in [1.29, 1.82) is 0 Å². The molecular weight excluding hydrogens is 168 g/mol. The molecule has 0 aliphatic rings. The summed E-state index contributed by atoms with van der Waals surface area (Å²) >= 11 is 0. The standard InChI is InChI=1S/C7H10N6/c1-2-13-5-6(4-8-13)3-7-9-11-12-10-7/h4-5H,2-3H2,1H3,(H,9,10,11,12). The van der Waals surface area contributed by atoms with Crippen molar-refractivity contribution in [1.82, 2.24) is 30.4 Å². The van der Waals surface area contributed by atoms with Crippen molar-refractivity contribution in [3.05, 3.63) is 23.8 Å². The predicted molar refractivity (Wildman–Crippen MR) is 44.9 cm³/mol. The zero-order chi connectivity index (χ0) is 9.10. The third-order valence-electron chi connectivity index (χ3n) is 1.76. The van der Waals surface area contributed by atoms with Crippen LogP contribution in [0.2, 0.25) is 0 Å². The summed E-state index contributed by atoms with van der Waals surface area (Å²) in [5, 5.41) is 17.8. The number of aryl methyl sites for hydroxylation is 1. The number of nitrogens with one attached hydrogen (secondary N) is 1. The second-order valence-corrected chi connectivity index (χ2v) is 2.71. The van der Waals surface area contributed by atoms with Gasteiger partial charge in [-0.05, 0) is 12.5 Å². The molecule has 1 N–H and O–H groups in total. The number of rotatable bonds is 3. The molecule has 0 spiro atoms. The maximum Gasteiger partial charge on any atom is 0.179 e. The molecule has 0 unspecified atom stereocenters. The maximum absolute atomic E-state index is 4.15. The van der Waals surface area contributed by atoms with Crippen LogP contribution < -0.4 is 0 Å². The molecule has 0 amide bonds. The van der Waals surface area contributed by atoms with E-state index in [2.05, 4.69) is 25.7 Å². The molecule has 6 heteroatoms. The van der Waals surface area contributed by atoms with Crippen LogP contribution in [0.15, 0.2) is 12.4 Å². The van der Waals surface area contributed by atoms with Gasteiger partial charge in [0.25, 0.3) is 0 Å². The van der Waals surface area contributed by atoms with Crippen molar-refractivity contribution >= 4 is 0 Å². The monoisotopic (exact) mass is 178 g/mol. The number of tetrazole rings is 1. The minimum Gasteiger partial charge on any atom is -0.273 e. The Morgan fingerprint density at radius 3 is 3.08 bits per heavy atom. The largest absolute Gasteiger partial charge is 0.273 e. The van der Waals surface area contributed by atoms with Gasteiger partial charge in [-0.2, -0.15) is 10.3 Å². The van der Waals surface area contributed by atoms with Gasteiger partial charge in [-0.25, -0.2) is 0 Å². The average molecular weight is 178 g/mol. The summed E-state index contributed by atoms with van der Waals surface area (Å²) in [6, 6.07) is 0. The number of aromatic amines is 1. The number of nitrogens with zero attached hydrogens (tertiary/aromatic N) is 5. The fourth-order valence-electron chi connectivity index (χ4n) is 1.11. The van der Waals surface area contributed by atoms with E-state index >= 15 is 0 Å². The van der Waals surface area contributed by atoms with E-state index in [4.69, 9.17) is 0 Å². The van der Waals surface area contributed by atoms with Crippen LogP contribution in [0.4, 0.5) is 0 Å². The third kappa shape index (κ3) is 1.71. The Morgan fingerprint density at radius 1 is 1.54 bits per heavy atom. The SMILES string of the molecule is CCn1cc(Cc2nn[nH]n2)cn1. The summed E-state index contributed by atoms with van der Waals surface area (Å²) in [5.41, 5.74) is 1.10. The zero-order valence-electron chi connectivity index (χ0n) is 7.30. The Labute approximate surface area is 75.0 Å². The Bertz CT molecular complexity index is 362. The Morgan fingerprint density at radius 2 is 2.46 bits per heavy atom. The first-order chi connectivity index (χ1) is 6.38. The minimum atomic E-state index is 0.677. The van der Waals surface area contributed by atoms with Crippen LogP contribution in [-0.4, -0.2) is 30.4 Å². The van der Waals surface area contributed by atoms with Gasteiger partial charge in [-0.1, -0.05) is 5.21 Å². The van der Waals surface area contributed by atoms with Gasteiger partial charge in [0, 0.05) is 19.2 Å². The second kappa shape index (κ2) is 3.34.